The number of alkyl halides is 2. The topological polar surface area (TPSA) is 9.23 Å². The highest BCUT2D eigenvalue weighted by atomic mass is 19.3. The molecular formula is C16H21F3O. The van der Waals surface area contributed by atoms with Gasteiger partial charge in [0.25, 0.3) is 0 Å². The lowest BCUT2D eigenvalue weighted by atomic mass is 9.60. The van der Waals surface area contributed by atoms with Gasteiger partial charge in [-0.2, -0.15) is 8.78 Å². The Labute approximate surface area is 118 Å². The predicted molar refractivity (Wildman–Crippen MR) is 73.4 cm³/mol. The third kappa shape index (κ3) is 1.96. The van der Waals surface area contributed by atoms with Crippen LogP contribution >= 0.6 is 0 Å². The van der Waals surface area contributed by atoms with Gasteiger partial charge in [0.05, 0.1) is 5.60 Å². The van der Waals surface area contributed by atoms with Crippen molar-refractivity contribution in [1.82, 2.24) is 0 Å². The summed E-state index contributed by atoms with van der Waals surface area (Å²) < 4.78 is 48.8. The molecule has 0 heterocycles. The summed E-state index contributed by atoms with van der Waals surface area (Å²) in [5, 5.41) is 0. The first kappa shape index (κ1) is 15.4. The van der Waals surface area contributed by atoms with Crippen LogP contribution in [0.3, 0.4) is 0 Å². The monoisotopic (exact) mass is 286 g/mol. The van der Waals surface area contributed by atoms with Crippen molar-refractivity contribution in [1.29, 1.82) is 0 Å². The van der Waals surface area contributed by atoms with E-state index in [0.29, 0.717) is 19.4 Å². The van der Waals surface area contributed by atoms with E-state index in [2.05, 4.69) is 6.58 Å². The second-order valence-electron chi connectivity index (χ2n) is 5.51. The van der Waals surface area contributed by atoms with Crippen LogP contribution in [-0.2, 0) is 4.74 Å². The van der Waals surface area contributed by atoms with Crippen molar-refractivity contribution in [2.45, 2.75) is 50.6 Å². The maximum atomic E-state index is 14.6. The fourth-order valence-electron chi connectivity index (χ4n) is 3.59. The average molecular weight is 286 g/mol. The van der Waals surface area contributed by atoms with Crippen LogP contribution in [0, 0.1) is 5.41 Å². The standard InChI is InChI=1S/C16H21F3O/c1-3-14(10-8-9-13(17)16(14,18)19)15(20-4-2)11-6-5-7-12-15/h3,8-10H,1,4-7,11-12H2,2H3. The lowest BCUT2D eigenvalue weighted by molar-refractivity contribution is -0.198. The van der Waals surface area contributed by atoms with Gasteiger partial charge in [-0.15, -0.1) is 6.58 Å². The molecule has 1 atom stereocenters. The summed E-state index contributed by atoms with van der Waals surface area (Å²) in [6.07, 6.45) is 8.33. The highest BCUT2D eigenvalue weighted by molar-refractivity contribution is 5.37. The van der Waals surface area contributed by atoms with E-state index in [1.54, 1.807) is 6.92 Å². The summed E-state index contributed by atoms with van der Waals surface area (Å²) >= 11 is 0. The molecule has 0 radical (unpaired) electrons. The zero-order chi connectivity index (χ0) is 14.9. The van der Waals surface area contributed by atoms with Gasteiger partial charge >= 0.3 is 5.92 Å². The van der Waals surface area contributed by atoms with E-state index in [-0.39, 0.29) is 0 Å². The van der Waals surface area contributed by atoms with Crippen molar-refractivity contribution < 1.29 is 17.9 Å². The summed E-state index contributed by atoms with van der Waals surface area (Å²) in [6.45, 7) is 5.69. The minimum Gasteiger partial charge on any atom is -0.374 e. The van der Waals surface area contributed by atoms with Crippen molar-refractivity contribution in [3.63, 3.8) is 0 Å². The normalized spacial score (nSPS) is 31.7. The molecule has 0 amide bonds. The number of allylic oxidation sites excluding steroid dienone is 3. The molecule has 1 nitrogen and oxygen atoms in total. The number of hydrogen-bond donors (Lipinski definition) is 0. The largest absolute Gasteiger partial charge is 0.374 e. The molecule has 112 valence electrons. The van der Waals surface area contributed by atoms with E-state index in [9.17, 15) is 13.2 Å². The molecule has 2 rings (SSSR count). The van der Waals surface area contributed by atoms with Crippen LogP contribution < -0.4 is 0 Å². The van der Waals surface area contributed by atoms with Gasteiger partial charge in [-0.05, 0) is 25.8 Å². The van der Waals surface area contributed by atoms with E-state index >= 15 is 0 Å². The summed E-state index contributed by atoms with van der Waals surface area (Å²) in [5.41, 5.74) is -2.89. The van der Waals surface area contributed by atoms with Crippen LogP contribution in [0.5, 0.6) is 0 Å². The molecule has 1 fully saturated rings. The maximum Gasteiger partial charge on any atom is 0.313 e. The van der Waals surface area contributed by atoms with Gasteiger partial charge in [0.15, 0.2) is 5.83 Å². The zero-order valence-corrected chi connectivity index (χ0v) is 11.8. The average Bonchev–Trinajstić information content (AvgIpc) is 2.43. The van der Waals surface area contributed by atoms with Gasteiger partial charge in [-0.1, -0.05) is 37.5 Å². The molecule has 1 unspecified atom stereocenters. The lowest BCUT2D eigenvalue weighted by Gasteiger charge is -2.52. The van der Waals surface area contributed by atoms with Crippen LogP contribution in [0.1, 0.15) is 39.0 Å². The first-order chi connectivity index (χ1) is 9.46. The van der Waals surface area contributed by atoms with Crippen LogP contribution in [0.2, 0.25) is 0 Å². The first-order valence-electron chi connectivity index (χ1n) is 7.16. The molecular weight excluding hydrogens is 265 g/mol. The molecule has 2 aliphatic carbocycles. The second kappa shape index (κ2) is 5.40. The van der Waals surface area contributed by atoms with Crippen LogP contribution in [0.25, 0.3) is 0 Å². The highest BCUT2D eigenvalue weighted by Gasteiger charge is 2.65. The fourth-order valence-corrected chi connectivity index (χ4v) is 3.59. The molecule has 0 aliphatic heterocycles. The van der Waals surface area contributed by atoms with Crippen molar-refractivity contribution >= 4 is 0 Å². The van der Waals surface area contributed by atoms with Crippen LogP contribution in [-0.4, -0.2) is 18.1 Å². The summed E-state index contributed by atoms with van der Waals surface area (Å²) in [6, 6.07) is 0. The van der Waals surface area contributed by atoms with E-state index in [1.807, 2.05) is 0 Å². The number of halogens is 3. The Morgan fingerprint density at radius 3 is 2.50 bits per heavy atom. The molecule has 20 heavy (non-hydrogen) atoms. The van der Waals surface area contributed by atoms with Crippen LogP contribution in [0.4, 0.5) is 13.2 Å². The van der Waals surface area contributed by atoms with Gasteiger partial charge in [0.2, 0.25) is 0 Å². The van der Waals surface area contributed by atoms with E-state index in [0.717, 1.165) is 25.3 Å². The van der Waals surface area contributed by atoms with E-state index in [1.165, 1.54) is 18.2 Å². The lowest BCUT2D eigenvalue weighted by Crippen LogP contribution is -2.59. The summed E-state index contributed by atoms with van der Waals surface area (Å²) in [7, 11) is 0. The number of rotatable bonds is 4. The molecule has 0 aromatic rings. The third-order valence-corrected chi connectivity index (χ3v) is 4.58. The van der Waals surface area contributed by atoms with Gasteiger partial charge in [-0.3, -0.25) is 0 Å². The Kier molecular flexibility index (Phi) is 4.14. The zero-order valence-electron chi connectivity index (χ0n) is 11.8. The summed E-state index contributed by atoms with van der Waals surface area (Å²) in [5.74, 6) is -5.03. The Morgan fingerprint density at radius 1 is 1.30 bits per heavy atom. The fraction of sp³-hybridized carbons (Fsp3) is 0.625. The molecule has 4 heteroatoms. The number of hydrogen-bond acceptors (Lipinski definition) is 1. The Morgan fingerprint density at radius 2 is 1.95 bits per heavy atom. The van der Waals surface area contributed by atoms with Crippen molar-refractivity contribution in [2.24, 2.45) is 5.41 Å². The van der Waals surface area contributed by atoms with Crippen molar-refractivity contribution in [3.8, 4) is 0 Å². The quantitative estimate of drug-likeness (QED) is 0.664. The third-order valence-electron chi connectivity index (χ3n) is 4.58. The summed E-state index contributed by atoms with van der Waals surface area (Å²) in [4.78, 5) is 0. The highest BCUT2D eigenvalue weighted by Crippen LogP contribution is 2.58. The number of ether oxygens (including phenoxy) is 1. The molecule has 0 spiro atoms. The van der Waals surface area contributed by atoms with Crippen LogP contribution in [0.15, 0.2) is 36.7 Å². The molecule has 0 N–H and O–H groups in total. The van der Waals surface area contributed by atoms with Crippen molar-refractivity contribution in [3.05, 3.63) is 36.7 Å². The van der Waals surface area contributed by atoms with Gasteiger partial charge in [-0.25, -0.2) is 4.39 Å². The first-order valence-corrected chi connectivity index (χ1v) is 7.16. The minimum atomic E-state index is -3.62. The second-order valence-corrected chi connectivity index (χ2v) is 5.51. The smallest absolute Gasteiger partial charge is 0.313 e. The Hall–Kier alpha value is -1.03. The maximum absolute atomic E-state index is 14.6. The molecule has 0 aromatic heterocycles. The SMILES string of the molecule is C=CC1(C2(OCC)CCCCC2)C=CC=C(F)C1(F)F. The molecule has 1 saturated carbocycles. The predicted octanol–water partition coefficient (Wildman–Crippen LogP) is 4.96. The van der Waals surface area contributed by atoms with Crippen molar-refractivity contribution in [2.75, 3.05) is 6.61 Å². The Bertz CT molecular complexity index is 427. The van der Waals surface area contributed by atoms with Gasteiger partial charge < -0.3 is 4.74 Å². The molecule has 0 aromatic carbocycles. The van der Waals surface area contributed by atoms with E-state index in [4.69, 9.17) is 4.74 Å². The molecule has 0 saturated heterocycles. The Balaban J connectivity index is 2.55. The van der Waals surface area contributed by atoms with Gasteiger partial charge in [0.1, 0.15) is 5.41 Å². The van der Waals surface area contributed by atoms with E-state index < -0.39 is 22.8 Å². The molecule has 2 aliphatic rings. The minimum absolute atomic E-state index is 0.324. The molecule has 0 bridgehead atoms. The van der Waals surface area contributed by atoms with Gasteiger partial charge in [0, 0.05) is 6.61 Å².